The summed E-state index contributed by atoms with van der Waals surface area (Å²) >= 11 is 0. The number of amides is 1. The predicted octanol–water partition coefficient (Wildman–Crippen LogP) is 5.67. The number of anilines is 3. The largest absolute Gasteiger partial charge is 0.481 e. The van der Waals surface area contributed by atoms with Gasteiger partial charge < -0.3 is 19.3 Å². The molecule has 190 valence electrons. The van der Waals surface area contributed by atoms with Crippen molar-refractivity contribution in [2.45, 2.75) is 57.5 Å². The first-order chi connectivity index (χ1) is 17.3. The molecular formula is C27H31FN4O4. The number of carboxylic acid groups (broad SMARTS) is 1. The van der Waals surface area contributed by atoms with E-state index in [1.807, 2.05) is 37.1 Å². The van der Waals surface area contributed by atoms with Crippen molar-refractivity contribution in [1.82, 2.24) is 9.55 Å². The summed E-state index contributed by atoms with van der Waals surface area (Å²) in [6, 6.07) is 10.2. The van der Waals surface area contributed by atoms with Gasteiger partial charge in [0.15, 0.2) is 0 Å². The molecule has 3 aromatic rings. The van der Waals surface area contributed by atoms with Gasteiger partial charge in [-0.1, -0.05) is 12.5 Å². The Labute approximate surface area is 209 Å². The van der Waals surface area contributed by atoms with Crippen molar-refractivity contribution in [3.05, 3.63) is 47.8 Å². The monoisotopic (exact) mass is 494 g/mol. The highest BCUT2D eigenvalue weighted by Gasteiger charge is 2.35. The lowest BCUT2D eigenvalue weighted by Gasteiger charge is -2.34. The third kappa shape index (κ3) is 4.06. The van der Waals surface area contributed by atoms with Crippen molar-refractivity contribution in [2.24, 2.45) is 5.92 Å². The van der Waals surface area contributed by atoms with Crippen LogP contribution in [0.4, 0.5) is 26.5 Å². The molecule has 1 N–H and O–H groups in total. The van der Waals surface area contributed by atoms with E-state index in [0.29, 0.717) is 24.5 Å². The number of methoxy groups -OCH3 is 1. The Bertz CT molecular complexity index is 1320. The van der Waals surface area contributed by atoms with Gasteiger partial charge in [-0.25, -0.2) is 14.2 Å². The number of imidazole rings is 1. The van der Waals surface area contributed by atoms with Crippen LogP contribution < -0.4 is 9.80 Å². The lowest BCUT2D eigenvalue weighted by Crippen LogP contribution is -2.42. The second-order valence-corrected chi connectivity index (χ2v) is 9.83. The molecule has 1 aliphatic heterocycles. The Kier molecular flexibility index (Phi) is 6.32. The normalized spacial score (nSPS) is 21.8. The molecule has 2 heterocycles. The molecule has 3 atom stereocenters. The van der Waals surface area contributed by atoms with Gasteiger partial charge in [-0.15, -0.1) is 0 Å². The van der Waals surface area contributed by atoms with E-state index < -0.39 is 18.0 Å². The molecular weight excluding hydrogens is 463 g/mol. The second kappa shape index (κ2) is 9.44. The number of carbonyl (C=O) groups is 2. The number of carboxylic acids is 1. The van der Waals surface area contributed by atoms with E-state index in [1.165, 1.54) is 19.2 Å². The lowest BCUT2D eigenvalue weighted by atomic mass is 9.85. The fraction of sp³-hybridized carbons (Fsp3) is 0.444. The van der Waals surface area contributed by atoms with Crippen LogP contribution in [0.2, 0.25) is 0 Å². The van der Waals surface area contributed by atoms with E-state index in [1.54, 1.807) is 11.0 Å². The lowest BCUT2D eigenvalue weighted by molar-refractivity contribution is -0.143. The zero-order valence-electron chi connectivity index (χ0n) is 20.8. The SMILES string of the molecule is COC(=O)N1c2ccc3c(nc(N(C)c4cccc(F)c4)n3[C@@H]3CCC[C@@H](C(=O)O)C3)c2CC[C@@H]1C. The van der Waals surface area contributed by atoms with Gasteiger partial charge in [-0.3, -0.25) is 9.69 Å². The van der Waals surface area contributed by atoms with E-state index in [0.717, 1.165) is 48.0 Å². The number of benzene rings is 2. The van der Waals surface area contributed by atoms with Crippen molar-refractivity contribution in [2.75, 3.05) is 24.0 Å². The van der Waals surface area contributed by atoms with Crippen molar-refractivity contribution >= 4 is 40.4 Å². The zero-order valence-corrected chi connectivity index (χ0v) is 20.8. The molecule has 8 nitrogen and oxygen atoms in total. The molecule has 0 spiro atoms. The van der Waals surface area contributed by atoms with Gasteiger partial charge in [0.25, 0.3) is 0 Å². The molecule has 1 fully saturated rings. The molecule has 0 radical (unpaired) electrons. The Balaban J connectivity index is 1.70. The van der Waals surface area contributed by atoms with E-state index in [4.69, 9.17) is 9.72 Å². The quantitative estimate of drug-likeness (QED) is 0.503. The van der Waals surface area contributed by atoms with Gasteiger partial charge in [-0.05, 0) is 69.4 Å². The number of halogens is 1. The highest BCUT2D eigenvalue weighted by atomic mass is 19.1. The second-order valence-electron chi connectivity index (χ2n) is 9.83. The summed E-state index contributed by atoms with van der Waals surface area (Å²) < 4.78 is 21.3. The Morgan fingerprint density at radius 1 is 1.19 bits per heavy atom. The van der Waals surface area contributed by atoms with Crippen LogP contribution in [0.1, 0.15) is 50.6 Å². The third-order valence-corrected chi connectivity index (χ3v) is 7.66. The molecule has 2 aromatic carbocycles. The minimum absolute atomic E-state index is 0.00593. The molecule has 0 unspecified atom stereocenters. The molecule has 0 saturated heterocycles. The summed E-state index contributed by atoms with van der Waals surface area (Å²) in [6.45, 7) is 2.00. The minimum atomic E-state index is -0.774. The van der Waals surface area contributed by atoms with Gasteiger partial charge in [0.2, 0.25) is 5.95 Å². The van der Waals surface area contributed by atoms with E-state index >= 15 is 0 Å². The molecule has 5 rings (SSSR count). The Morgan fingerprint density at radius 3 is 2.72 bits per heavy atom. The number of carbonyl (C=O) groups excluding carboxylic acids is 1. The number of ether oxygens (including phenoxy) is 1. The average Bonchev–Trinajstić information content (AvgIpc) is 3.27. The smallest absolute Gasteiger partial charge is 0.414 e. The minimum Gasteiger partial charge on any atom is -0.481 e. The summed E-state index contributed by atoms with van der Waals surface area (Å²) in [5.74, 6) is -0.903. The van der Waals surface area contributed by atoms with E-state index in [2.05, 4.69) is 4.57 Å². The van der Waals surface area contributed by atoms with Crippen LogP contribution in [0.15, 0.2) is 36.4 Å². The number of hydrogen-bond acceptors (Lipinski definition) is 5. The van der Waals surface area contributed by atoms with E-state index in [9.17, 15) is 19.1 Å². The van der Waals surface area contributed by atoms with Crippen LogP contribution >= 0.6 is 0 Å². The average molecular weight is 495 g/mol. The first-order valence-corrected chi connectivity index (χ1v) is 12.4. The van der Waals surface area contributed by atoms with Crippen molar-refractivity contribution in [3.63, 3.8) is 0 Å². The fourth-order valence-electron chi connectivity index (χ4n) is 5.78. The van der Waals surface area contributed by atoms with Crippen molar-refractivity contribution < 1.29 is 23.8 Å². The van der Waals surface area contributed by atoms with Crippen LogP contribution in [0.25, 0.3) is 11.0 Å². The van der Waals surface area contributed by atoms with Crippen LogP contribution in [0.5, 0.6) is 0 Å². The van der Waals surface area contributed by atoms with Crippen LogP contribution in [0, 0.1) is 11.7 Å². The Hall–Kier alpha value is -3.62. The van der Waals surface area contributed by atoms with Gasteiger partial charge in [0.1, 0.15) is 5.82 Å². The van der Waals surface area contributed by atoms with Crippen LogP contribution in [-0.4, -0.2) is 46.9 Å². The number of hydrogen-bond donors (Lipinski definition) is 1. The maximum atomic E-state index is 14.1. The molecule has 1 aliphatic carbocycles. The molecule has 36 heavy (non-hydrogen) atoms. The molecule has 9 heteroatoms. The molecule has 0 bridgehead atoms. The number of nitrogens with zero attached hydrogens (tertiary/aromatic N) is 4. The van der Waals surface area contributed by atoms with E-state index in [-0.39, 0.29) is 17.9 Å². The van der Waals surface area contributed by atoms with Gasteiger partial charge >= 0.3 is 12.1 Å². The molecule has 1 aromatic heterocycles. The summed E-state index contributed by atoms with van der Waals surface area (Å²) in [7, 11) is 3.23. The van der Waals surface area contributed by atoms with Crippen molar-refractivity contribution in [3.8, 4) is 0 Å². The first kappa shape index (κ1) is 24.1. The first-order valence-electron chi connectivity index (χ1n) is 12.4. The van der Waals surface area contributed by atoms with Gasteiger partial charge in [-0.2, -0.15) is 0 Å². The number of aryl methyl sites for hydroxylation is 1. The highest BCUT2D eigenvalue weighted by Crippen LogP contribution is 2.43. The summed E-state index contributed by atoms with van der Waals surface area (Å²) in [5.41, 5.74) is 4.07. The number of aliphatic carboxylic acids is 1. The maximum absolute atomic E-state index is 14.1. The number of rotatable bonds is 4. The van der Waals surface area contributed by atoms with Crippen LogP contribution in [0.3, 0.4) is 0 Å². The predicted molar refractivity (Wildman–Crippen MR) is 135 cm³/mol. The molecule has 2 aliphatic rings. The zero-order chi connectivity index (χ0) is 25.6. The molecule has 1 saturated carbocycles. The summed E-state index contributed by atoms with van der Waals surface area (Å²) in [4.78, 5) is 33.0. The summed E-state index contributed by atoms with van der Waals surface area (Å²) in [5, 5.41) is 9.72. The standard InChI is InChI=1S/C27H31FN4O4/c1-16-10-11-21-22(31(16)27(35)36-3)12-13-23-24(21)29-26(30(2)19-8-5-7-18(28)15-19)32(23)20-9-4-6-17(14-20)25(33)34/h5,7-8,12-13,15-17,20H,4,6,9-11,14H2,1-3H3,(H,33,34)/t16-,17+,20+/m0/s1. The highest BCUT2D eigenvalue weighted by molar-refractivity contribution is 5.96. The number of fused-ring (bicyclic) bond motifs is 3. The van der Waals surface area contributed by atoms with Crippen LogP contribution in [-0.2, 0) is 16.0 Å². The Morgan fingerprint density at radius 2 is 2.00 bits per heavy atom. The maximum Gasteiger partial charge on any atom is 0.414 e. The van der Waals surface area contributed by atoms with Gasteiger partial charge in [0, 0.05) is 30.4 Å². The third-order valence-electron chi connectivity index (χ3n) is 7.66. The summed E-state index contributed by atoms with van der Waals surface area (Å²) in [6.07, 6.45) is 3.93. The topological polar surface area (TPSA) is 87.9 Å². The fourth-order valence-corrected chi connectivity index (χ4v) is 5.78. The van der Waals surface area contributed by atoms with Crippen molar-refractivity contribution in [1.29, 1.82) is 0 Å². The van der Waals surface area contributed by atoms with Gasteiger partial charge in [0.05, 0.1) is 29.7 Å². The molecule has 1 amide bonds. The number of aromatic nitrogens is 2.